The summed E-state index contributed by atoms with van der Waals surface area (Å²) < 4.78 is 5.65. The Hall–Kier alpha value is -1.96. The molecule has 0 saturated heterocycles. The molecular formula is C11H13N5O2S. The van der Waals surface area contributed by atoms with Gasteiger partial charge in [-0.2, -0.15) is 9.47 Å². The molecule has 0 unspecified atom stereocenters. The highest BCUT2D eigenvalue weighted by atomic mass is 32.1. The first-order valence-corrected chi connectivity index (χ1v) is 6.80. The van der Waals surface area contributed by atoms with Crippen LogP contribution < -0.4 is 11.0 Å². The first-order valence-electron chi connectivity index (χ1n) is 6.02. The third-order valence-corrected chi connectivity index (χ3v) is 3.65. The summed E-state index contributed by atoms with van der Waals surface area (Å²) in [7, 11) is 0. The van der Waals surface area contributed by atoms with E-state index in [0.29, 0.717) is 11.5 Å². The zero-order valence-electron chi connectivity index (χ0n) is 10.3. The molecule has 0 aromatic carbocycles. The third kappa shape index (κ3) is 2.43. The maximum Gasteiger partial charge on any atom is 0.343 e. The molecular weight excluding hydrogens is 266 g/mol. The highest BCUT2D eigenvalue weighted by Crippen LogP contribution is 2.33. The lowest BCUT2D eigenvalue weighted by Gasteiger charge is -2.04. The van der Waals surface area contributed by atoms with Crippen LogP contribution in [0.2, 0.25) is 0 Å². The molecule has 0 bridgehead atoms. The third-order valence-electron chi connectivity index (χ3n) is 2.96. The van der Waals surface area contributed by atoms with Crippen LogP contribution in [0.5, 0.6) is 0 Å². The van der Waals surface area contributed by atoms with Crippen LogP contribution in [-0.2, 0) is 6.54 Å². The number of hydrogen-bond donors (Lipinski definition) is 2. The molecule has 19 heavy (non-hydrogen) atoms. The smallest absolute Gasteiger partial charge is 0.343 e. The molecule has 2 aromatic rings. The van der Waals surface area contributed by atoms with Crippen LogP contribution in [-0.4, -0.2) is 25.0 Å². The van der Waals surface area contributed by atoms with Crippen molar-refractivity contribution in [3.63, 3.8) is 0 Å². The molecule has 7 nitrogen and oxygen atoms in total. The predicted molar refractivity (Wildman–Crippen MR) is 69.1 cm³/mol. The standard InChI is InChI=1S/C11H13N5O2S/c1-6-4-8(15-19-6)10(17)12-5-9-13-14-11(18)16(9)7-2-3-7/h4,7H,2-3,5H2,1H3,(H,12,17)(H,14,18). The first-order chi connectivity index (χ1) is 9.15. The van der Waals surface area contributed by atoms with Crippen molar-refractivity contribution < 1.29 is 4.79 Å². The van der Waals surface area contributed by atoms with Crippen molar-refractivity contribution in [1.29, 1.82) is 0 Å². The Morgan fingerprint density at radius 1 is 1.63 bits per heavy atom. The normalized spacial score (nSPS) is 14.6. The zero-order valence-corrected chi connectivity index (χ0v) is 11.2. The Morgan fingerprint density at radius 3 is 3.05 bits per heavy atom. The summed E-state index contributed by atoms with van der Waals surface area (Å²) in [5.74, 6) is 0.315. The second-order valence-electron chi connectivity index (χ2n) is 4.55. The minimum absolute atomic E-state index is 0.212. The monoisotopic (exact) mass is 279 g/mol. The second-order valence-corrected chi connectivity index (χ2v) is 5.56. The van der Waals surface area contributed by atoms with Gasteiger partial charge in [-0.15, -0.1) is 0 Å². The molecule has 0 radical (unpaired) electrons. The lowest BCUT2D eigenvalue weighted by Crippen LogP contribution is -2.26. The van der Waals surface area contributed by atoms with Crippen LogP contribution in [0.4, 0.5) is 0 Å². The molecule has 2 aromatic heterocycles. The molecule has 2 heterocycles. The van der Waals surface area contributed by atoms with E-state index in [4.69, 9.17) is 0 Å². The van der Waals surface area contributed by atoms with Crippen molar-refractivity contribution >= 4 is 17.4 Å². The van der Waals surface area contributed by atoms with E-state index >= 15 is 0 Å². The van der Waals surface area contributed by atoms with Crippen LogP contribution in [0.3, 0.4) is 0 Å². The van der Waals surface area contributed by atoms with Crippen molar-refractivity contribution in [2.24, 2.45) is 0 Å². The van der Waals surface area contributed by atoms with Crippen molar-refractivity contribution in [1.82, 2.24) is 24.5 Å². The number of hydrogen-bond acceptors (Lipinski definition) is 5. The van der Waals surface area contributed by atoms with E-state index < -0.39 is 0 Å². The number of carbonyl (C=O) groups is 1. The van der Waals surface area contributed by atoms with Crippen LogP contribution in [0.15, 0.2) is 10.9 Å². The van der Waals surface area contributed by atoms with Gasteiger partial charge in [-0.1, -0.05) is 0 Å². The molecule has 1 aliphatic carbocycles. The summed E-state index contributed by atoms with van der Waals surface area (Å²) in [5, 5.41) is 9.09. The van der Waals surface area contributed by atoms with E-state index in [9.17, 15) is 9.59 Å². The zero-order chi connectivity index (χ0) is 13.4. The van der Waals surface area contributed by atoms with Crippen molar-refractivity contribution in [3.8, 4) is 0 Å². The predicted octanol–water partition coefficient (Wildman–Crippen LogP) is 0.601. The van der Waals surface area contributed by atoms with Gasteiger partial charge in [0.05, 0.1) is 6.54 Å². The topological polar surface area (TPSA) is 92.7 Å². The Kier molecular flexibility index (Phi) is 2.94. The molecule has 100 valence electrons. The van der Waals surface area contributed by atoms with Crippen LogP contribution in [0.25, 0.3) is 0 Å². The largest absolute Gasteiger partial charge is 0.343 e. The molecule has 0 aliphatic heterocycles. The average Bonchev–Trinajstić information content (AvgIpc) is 3.02. The summed E-state index contributed by atoms with van der Waals surface area (Å²) in [6.45, 7) is 2.12. The van der Waals surface area contributed by atoms with Gasteiger partial charge in [0.25, 0.3) is 5.91 Å². The maximum atomic E-state index is 11.8. The summed E-state index contributed by atoms with van der Waals surface area (Å²) >= 11 is 1.29. The fourth-order valence-electron chi connectivity index (χ4n) is 1.89. The van der Waals surface area contributed by atoms with Gasteiger partial charge in [0.2, 0.25) is 0 Å². The number of nitrogens with one attached hydrogen (secondary N) is 2. The molecule has 1 amide bonds. The minimum Gasteiger partial charge on any atom is -0.343 e. The Bertz CT molecular complexity index is 667. The van der Waals surface area contributed by atoms with Crippen LogP contribution in [0, 0.1) is 6.92 Å². The molecule has 3 rings (SSSR count). The summed E-state index contributed by atoms with van der Waals surface area (Å²) in [4.78, 5) is 24.4. The van der Waals surface area contributed by atoms with Gasteiger partial charge in [0.15, 0.2) is 5.82 Å². The summed E-state index contributed by atoms with van der Waals surface area (Å²) in [5.41, 5.74) is 0.189. The van der Waals surface area contributed by atoms with Gasteiger partial charge in [-0.25, -0.2) is 9.89 Å². The summed E-state index contributed by atoms with van der Waals surface area (Å²) in [6, 6.07) is 1.97. The molecule has 0 atom stereocenters. The van der Waals surface area contributed by atoms with E-state index in [2.05, 4.69) is 19.9 Å². The lowest BCUT2D eigenvalue weighted by molar-refractivity contribution is 0.0945. The number of aromatic amines is 1. The number of nitrogens with zero attached hydrogens (tertiary/aromatic N) is 3. The Balaban J connectivity index is 1.69. The van der Waals surface area contributed by atoms with Crippen LogP contribution >= 0.6 is 11.5 Å². The number of amides is 1. The summed E-state index contributed by atoms with van der Waals surface area (Å²) in [6.07, 6.45) is 1.98. The number of rotatable bonds is 4. The van der Waals surface area contributed by atoms with Gasteiger partial charge >= 0.3 is 5.69 Å². The van der Waals surface area contributed by atoms with Gasteiger partial charge in [0, 0.05) is 10.9 Å². The van der Waals surface area contributed by atoms with E-state index in [1.165, 1.54) is 11.5 Å². The van der Waals surface area contributed by atoms with E-state index in [0.717, 1.165) is 17.7 Å². The number of aromatic nitrogens is 4. The number of aryl methyl sites for hydroxylation is 1. The molecule has 2 N–H and O–H groups in total. The van der Waals surface area contributed by atoms with Gasteiger partial charge in [-0.3, -0.25) is 9.36 Å². The first kappa shape index (κ1) is 12.1. The molecule has 1 aliphatic rings. The van der Waals surface area contributed by atoms with Gasteiger partial charge in [0.1, 0.15) is 5.69 Å². The van der Waals surface area contributed by atoms with Crippen molar-refractivity contribution in [2.45, 2.75) is 32.4 Å². The average molecular weight is 279 g/mol. The lowest BCUT2D eigenvalue weighted by atomic mass is 10.3. The number of H-pyrrole nitrogens is 1. The molecule has 1 saturated carbocycles. The Morgan fingerprint density at radius 2 is 2.42 bits per heavy atom. The Labute approximate surface area is 112 Å². The molecule has 8 heteroatoms. The fourth-order valence-corrected chi connectivity index (χ4v) is 2.44. The maximum absolute atomic E-state index is 11.8. The highest BCUT2D eigenvalue weighted by Gasteiger charge is 2.28. The van der Waals surface area contributed by atoms with E-state index in [-0.39, 0.29) is 24.2 Å². The second kappa shape index (κ2) is 4.61. The molecule has 0 spiro atoms. The van der Waals surface area contributed by atoms with E-state index in [1.807, 2.05) is 6.92 Å². The van der Waals surface area contributed by atoms with E-state index in [1.54, 1.807) is 10.6 Å². The SMILES string of the molecule is Cc1cc(C(=O)NCc2n[nH]c(=O)n2C2CC2)ns1. The molecule has 1 fully saturated rings. The number of carbonyl (C=O) groups excluding carboxylic acids is 1. The van der Waals surface area contributed by atoms with Crippen molar-refractivity contribution in [3.05, 3.63) is 32.9 Å². The quantitative estimate of drug-likeness (QED) is 0.857. The van der Waals surface area contributed by atoms with Gasteiger partial charge in [-0.05, 0) is 37.4 Å². The fraction of sp³-hybridized carbons (Fsp3) is 0.455. The van der Waals surface area contributed by atoms with Crippen molar-refractivity contribution in [2.75, 3.05) is 0 Å². The highest BCUT2D eigenvalue weighted by molar-refractivity contribution is 7.05. The minimum atomic E-state index is -0.248. The van der Waals surface area contributed by atoms with Gasteiger partial charge < -0.3 is 5.32 Å². The van der Waals surface area contributed by atoms with Crippen LogP contribution in [0.1, 0.15) is 40.1 Å².